The number of carbonyl (C=O) groups excluding carboxylic acids is 1. The molecule has 2 nitrogen and oxygen atoms in total. The summed E-state index contributed by atoms with van der Waals surface area (Å²) >= 11 is 0. The molecule has 1 heterocycles. The molecule has 0 bridgehead atoms. The first-order valence-corrected chi connectivity index (χ1v) is 7.56. The van der Waals surface area contributed by atoms with Gasteiger partial charge in [-0.2, -0.15) is 0 Å². The number of benzene rings is 1. The van der Waals surface area contributed by atoms with Crippen molar-refractivity contribution in [3.05, 3.63) is 35.4 Å². The zero-order valence-electron chi connectivity index (χ0n) is 12.2. The average molecular weight is 259 g/mol. The van der Waals surface area contributed by atoms with Crippen molar-refractivity contribution in [1.29, 1.82) is 0 Å². The molecule has 1 saturated heterocycles. The quantitative estimate of drug-likeness (QED) is 0.819. The Labute approximate surface area is 116 Å². The van der Waals surface area contributed by atoms with Crippen molar-refractivity contribution in [2.24, 2.45) is 5.41 Å². The average Bonchev–Trinajstić information content (AvgIpc) is 2.48. The summed E-state index contributed by atoms with van der Waals surface area (Å²) in [5, 5.41) is 3.36. The van der Waals surface area contributed by atoms with E-state index in [1.165, 1.54) is 5.56 Å². The van der Waals surface area contributed by atoms with Crippen LogP contribution >= 0.6 is 0 Å². The summed E-state index contributed by atoms with van der Waals surface area (Å²) < 4.78 is 0. The minimum atomic E-state index is -0.129. The topological polar surface area (TPSA) is 29.1 Å². The van der Waals surface area contributed by atoms with E-state index >= 15 is 0 Å². The molecule has 1 aromatic carbocycles. The Morgan fingerprint density at radius 3 is 2.63 bits per heavy atom. The lowest BCUT2D eigenvalue weighted by Gasteiger charge is -2.35. The molecule has 0 spiro atoms. The number of ketones is 1. The van der Waals surface area contributed by atoms with Gasteiger partial charge in [-0.05, 0) is 50.4 Å². The van der Waals surface area contributed by atoms with Gasteiger partial charge in [0.1, 0.15) is 0 Å². The van der Waals surface area contributed by atoms with Gasteiger partial charge in [-0.15, -0.1) is 0 Å². The molecule has 0 aromatic heterocycles. The number of nitrogens with one attached hydrogen (secondary N) is 1. The monoisotopic (exact) mass is 259 g/mol. The van der Waals surface area contributed by atoms with Gasteiger partial charge in [-0.3, -0.25) is 4.79 Å². The number of piperidine rings is 1. The smallest absolute Gasteiger partial charge is 0.169 e. The Kier molecular flexibility index (Phi) is 4.76. The first-order valence-electron chi connectivity index (χ1n) is 7.56. The molecule has 0 aliphatic carbocycles. The number of Topliss-reactive ketones (excluding diaryl/α,β-unsaturated/α-hetero) is 1. The number of rotatable bonds is 5. The van der Waals surface area contributed by atoms with E-state index in [9.17, 15) is 4.79 Å². The Balaban J connectivity index is 2.24. The normalized spacial score (nSPS) is 18.2. The second-order valence-electron chi connectivity index (χ2n) is 5.66. The Bertz CT molecular complexity index is 433. The van der Waals surface area contributed by atoms with Crippen LogP contribution in [0.1, 0.15) is 55.5 Å². The molecule has 0 amide bonds. The van der Waals surface area contributed by atoms with Crippen molar-refractivity contribution in [3.63, 3.8) is 0 Å². The molecule has 1 fully saturated rings. The predicted molar refractivity (Wildman–Crippen MR) is 79.6 cm³/mol. The predicted octanol–water partition coefficient (Wildman–Crippen LogP) is 3.60. The molecule has 2 rings (SSSR count). The third kappa shape index (κ3) is 3.06. The summed E-state index contributed by atoms with van der Waals surface area (Å²) in [6, 6.07) is 8.25. The summed E-state index contributed by atoms with van der Waals surface area (Å²) in [7, 11) is 0. The van der Waals surface area contributed by atoms with Gasteiger partial charge in [0.05, 0.1) is 0 Å². The molecular weight excluding hydrogens is 234 g/mol. The maximum absolute atomic E-state index is 12.9. The number of hydrogen-bond donors (Lipinski definition) is 1. The lowest BCUT2D eigenvalue weighted by molar-refractivity contribution is 0.0717. The fourth-order valence-corrected chi connectivity index (χ4v) is 3.11. The van der Waals surface area contributed by atoms with Crippen LogP contribution in [0.3, 0.4) is 0 Å². The fourth-order valence-electron chi connectivity index (χ4n) is 3.11. The van der Waals surface area contributed by atoms with Crippen LogP contribution in [-0.2, 0) is 6.42 Å². The van der Waals surface area contributed by atoms with Gasteiger partial charge in [0.2, 0.25) is 0 Å². The van der Waals surface area contributed by atoms with E-state index < -0.39 is 0 Å². The van der Waals surface area contributed by atoms with Crippen LogP contribution in [0.25, 0.3) is 0 Å². The van der Waals surface area contributed by atoms with E-state index in [0.29, 0.717) is 5.78 Å². The lowest BCUT2D eigenvalue weighted by atomic mass is 9.71. The molecule has 1 aliphatic heterocycles. The molecular formula is C17H25NO. The van der Waals surface area contributed by atoms with Gasteiger partial charge in [-0.25, -0.2) is 0 Å². The highest BCUT2D eigenvalue weighted by atomic mass is 16.1. The Hall–Kier alpha value is -1.15. The van der Waals surface area contributed by atoms with Crippen molar-refractivity contribution in [1.82, 2.24) is 5.32 Å². The van der Waals surface area contributed by atoms with Crippen molar-refractivity contribution in [2.75, 3.05) is 13.1 Å². The SMILES string of the molecule is CCCc1cccc(C(=O)C2(CC)CCNCC2)c1. The summed E-state index contributed by atoms with van der Waals surface area (Å²) in [6.07, 6.45) is 5.08. The molecule has 1 aromatic rings. The van der Waals surface area contributed by atoms with Crippen molar-refractivity contribution < 1.29 is 4.79 Å². The maximum atomic E-state index is 12.9. The third-order valence-corrected chi connectivity index (χ3v) is 4.45. The van der Waals surface area contributed by atoms with Gasteiger partial charge in [-0.1, -0.05) is 38.5 Å². The van der Waals surface area contributed by atoms with E-state index in [4.69, 9.17) is 0 Å². The Morgan fingerprint density at radius 2 is 2.00 bits per heavy atom. The van der Waals surface area contributed by atoms with E-state index in [0.717, 1.165) is 50.8 Å². The summed E-state index contributed by atoms with van der Waals surface area (Å²) in [5.74, 6) is 0.356. The van der Waals surface area contributed by atoms with E-state index in [1.54, 1.807) is 0 Å². The van der Waals surface area contributed by atoms with E-state index in [1.807, 2.05) is 12.1 Å². The zero-order valence-corrected chi connectivity index (χ0v) is 12.2. The third-order valence-electron chi connectivity index (χ3n) is 4.45. The molecule has 1 aliphatic rings. The van der Waals surface area contributed by atoms with Gasteiger partial charge in [0.15, 0.2) is 5.78 Å². The first kappa shape index (κ1) is 14.3. The van der Waals surface area contributed by atoms with Gasteiger partial charge in [0.25, 0.3) is 0 Å². The lowest BCUT2D eigenvalue weighted by Crippen LogP contribution is -2.41. The minimum absolute atomic E-state index is 0.129. The van der Waals surface area contributed by atoms with Gasteiger partial charge < -0.3 is 5.32 Å². The molecule has 19 heavy (non-hydrogen) atoms. The molecule has 2 heteroatoms. The standard InChI is InChI=1S/C17H25NO/c1-3-6-14-7-5-8-15(13-14)16(19)17(4-2)9-11-18-12-10-17/h5,7-8,13,18H,3-4,6,9-12H2,1-2H3. The van der Waals surface area contributed by atoms with Crippen LogP contribution in [0.5, 0.6) is 0 Å². The minimum Gasteiger partial charge on any atom is -0.317 e. The number of carbonyl (C=O) groups is 1. The second kappa shape index (κ2) is 6.33. The molecule has 0 atom stereocenters. The maximum Gasteiger partial charge on any atom is 0.169 e. The summed E-state index contributed by atoms with van der Waals surface area (Å²) in [5.41, 5.74) is 2.07. The molecule has 0 saturated carbocycles. The van der Waals surface area contributed by atoms with Crippen molar-refractivity contribution in [2.45, 2.75) is 46.0 Å². The fraction of sp³-hybridized carbons (Fsp3) is 0.588. The molecule has 104 valence electrons. The van der Waals surface area contributed by atoms with Crippen LogP contribution in [0.15, 0.2) is 24.3 Å². The van der Waals surface area contributed by atoms with Crippen molar-refractivity contribution >= 4 is 5.78 Å². The van der Waals surface area contributed by atoms with E-state index in [-0.39, 0.29) is 5.41 Å². The molecule has 1 N–H and O–H groups in total. The summed E-state index contributed by atoms with van der Waals surface area (Å²) in [4.78, 5) is 12.9. The van der Waals surface area contributed by atoms with Crippen LogP contribution in [-0.4, -0.2) is 18.9 Å². The molecule has 0 radical (unpaired) electrons. The largest absolute Gasteiger partial charge is 0.317 e. The zero-order chi connectivity index (χ0) is 13.7. The van der Waals surface area contributed by atoms with E-state index in [2.05, 4.69) is 31.3 Å². The first-order chi connectivity index (χ1) is 9.22. The number of hydrogen-bond acceptors (Lipinski definition) is 2. The van der Waals surface area contributed by atoms with Gasteiger partial charge >= 0.3 is 0 Å². The van der Waals surface area contributed by atoms with Gasteiger partial charge in [0, 0.05) is 11.0 Å². The summed E-state index contributed by atoms with van der Waals surface area (Å²) in [6.45, 7) is 6.26. The van der Waals surface area contributed by atoms with Crippen LogP contribution in [0, 0.1) is 5.41 Å². The highest BCUT2D eigenvalue weighted by Crippen LogP contribution is 2.36. The van der Waals surface area contributed by atoms with Crippen LogP contribution in [0.4, 0.5) is 0 Å². The second-order valence-corrected chi connectivity index (χ2v) is 5.66. The highest BCUT2D eigenvalue weighted by molar-refractivity contribution is 6.00. The number of aryl methyl sites for hydroxylation is 1. The molecule has 0 unspecified atom stereocenters. The van der Waals surface area contributed by atoms with Crippen LogP contribution < -0.4 is 5.32 Å². The highest BCUT2D eigenvalue weighted by Gasteiger charge is 2.37. The Morgan fingerprint density at radius 1 is 1.26 bits per heavy atom. The van der Waals surface area contributed by atoms with Crippen LogP contribution in [0.2, 0.25) is 0 Å². The van der Waals surface area contributed by atoms with Crippen molar-refractivity contribution in [3.8, 4) is 0 Å².